The number of carbonyl (C=O) groups is 2. The van der Waals surface area contributed by atoms with Crippen molar-refractivity contribution < 1.29 is 28.2 Å². The highest BCUT2D eigenvalue weighted by molar-refractivity contribution is 5.94. The van der Waals surface area contributed by atoms with Crippen molar-refractivity contribution >= 4 is 17.8 Å². The summed E-state index contributed by atoms with van der Waals surface area (Å²) in [4.78, 5) is 38.4. The van der Waals surface area contributed by atoms with Crippen LogP contribution < -0.4 is 15.0 Å². The molecule has 4 saturated carbocycles. The smallest absolute Gasteiger partial charge is 0.407 e. The van der Waals surface area contributed by atoms with Crippen LogP contribution in [0, 0.1) is 18.3 Å². The van der Waals surface area contributed by atoms with Gasteiger partial charge in [-0.05, 0) is 111 Å². The Morgan fingerprint density at radius 2 is 1.75 bits per heavy atom. The lowest BCUT2D eigenvalue weighted by Gasteiger charge is -2.55. The summed E-state index contributed by atoms with van der Waals surface area (Å²) in [6.45, 7) is 6.22. The SMILES string of the molecule is COc1ccc(C23CCC(CN(C(=O)C4CCCCC4)c4cc(-c5coc(C(C)COC(=O)NC6CCOCC6)n5)ccn4)(CC2)CC3)cc1C. The minimum atomic E-state index is -0.432. The number of pyridine rings is 1. The first-order valence-corrected chi connectivity index (χ1v) is 19.2. The second-order valence-corrected chi connectivity index (χ2v) is 15.7. The number of aromatic nitrogens is 2. The molecule has 1 atom stereocenters. The van der Waals surface area contributed by atoms with Gasteiger partial charge in [0.15, 0.2) is 0 Å². The molecular weight excluding hydrogens is 644 g/mol. The molecule has 0 spiro atoms. The van der Waals surface area contributed by atoms with Gasteiger partial charge in [0.25, 0.3) is 0 Å². The predicted molar refractivity (Wildman–Crippen MR) is 195 cm³/mol. The van der Waals surface area contributed by atoms with Crippen LogP contribution >= 0.6 is 0 Å². The van der Waals surface area contributed by atoms with Crippen LogP contribution in [-0.4, -0.2) is 61.5 Å². The van der Waals surface area contributed by atoms with Crippen LogP contribution in [0.3, 0.4) is 0 Å². The molecule has 5 fully saturated rings. The van der Waals surface area contributed by atoms with Gasteiger partial charge in [-0.15, -0.1) is 0 Å². The van der Waals surface area contributed by atoms with E-state index in [9.17, 15) is 9.59 Å². The molecule has 0 radical (unpaired) electrons. The number of hydrogen-bond donors (Lipinski definition) is 1. The second-order valence-electron chi connectivity index (χ2n) is 15.7. The van der Waals surface area contributed by atoms with Crippen molar-refractivity contribution in [1.82, 2.24) is 15.3 Å². The van der Waals surface area contributed by atoms with Crippen molar-refractivity contribution in [3.05, 3.63) is 59.8 Å². The molecule has 10 heteroatoms. The van der Waals surface area contributed by atoms with Crippen molar-refractivity contribution in [3.63, 3.8) is 0 Å². The molecule has 4 aliphatic carbocycles. The van der Waals surface area contributed by atoms with Gasteiger partial charge in [0.1, 0.15) is 30.1 Å². The molecule has 51 heavy (non-hydrogen) atoms. The summed E-state index contributed by atoms with van der Waals surface area (Å²) in [5.74, 6) is 2.16. The first-order chi connectivity index (χ1) is 24.8. The number of aryl methyl sites for hydroxylation is 1. The van der Waals surface area contributed by atoms with Crippen molar-refractivity contribution in [2.45, 2.75) is 115 Å². The number of ether oxygens (including phenoxy) is 3. The van der Waals surface area contributed by atoms with Gasteiger partial charge >= 0.3 is 6.09 Å². The van der Waals surface area contributed by atoms with Crippen molar-refractivity contribution in [2.24, 2.45) is 11.3 Å². The van der Waals surface area contributed by atoms with Crippen LogP contribution in [0.5, 0.6) is 5.75 Å². The number of alkyl carbamates (subject to hydrolysis) is 1. The van der Waals surface area contributed by atoms with Gasteiger partial charge in [-0.3, -0.25) is 9.69 Å². The zero-order valence-corrected chi connectivity index (χ0v) is 30.6. The second kappa shape index (κ2) is 15.4. The molecule has 2 bridgehead atoms. The molecule has 8 rings (SSSR count). The van der Waals surface area contributed by atoms with Gasteiger partial charge in [-0.1, -0.05) is 38.3 Å². The number of anilines is 1. The number of carbonyl (C=O) groups excluding carboxylic acids is 2. The normalized spacial score (nSPS) is 24.5. The zero-order valence-electron chi connectivity index (χ0n) is 30.6. The topological polar surface area (TPSA) is 116 Å². The number of benzene rings is 1. The number of amides is 2. The monoisotopic (exact) mass is 698 g/mol. The van der Waals surface area contributed by atoms with E-state index in [-0.39, 0.29) is 41.2 Å². The van der Waals surface area contributed by atoms with Crippen LogP contribution in [0.15, 0.2) is 47.2 Å². The summed E-state index contributed by atoms with van der Waals surface area (Å²) < 4.78 is 22.3. The highest BCUT2D eigenvalue weighted by Gasteiger charge is 2.50. The van der Waals surface area contributed by atoms with Gasteiger partial charge in [0.05, 0.1) is 13.0 Å². The van der Waals surface area contributed by atoms with Crippen LogP contribution in [-0.2, 0) is 19.7 Å². The number of rotatable bonds is 11. The largest absolute Gasteiger partial charge is 0.496 e. The lowest BCUT2D eigenvalue weighted by Crippen LogP contribution is -2.51. The third kappa shape index (κ3) is 7.81. The Morgan fingerprint density at radius 3 is 2.45 bits per heavy atom. The number of hydrogen-bond acceptors (Lipinski definition) is 8. The van der Waals surface area contributed by atoms with Crippen LogP contribution in [0.1, 0.15) is 113 Å². The summed E-state index contributed by atoms with van der Waals surface area (Å²) in [7, 11) is 1.74. The van der Waals surface area contributed by atoms with E-state index in [0.29, 0.717) is 37.2 Å². The average molecular weight is 699 g/mol. The maximum absolute atomic E-state index is 14.4. The third-order valence-electron chi connectivity index (χ3n) is 12.4. The maximum Gasteiger partial charge on any atom is 0.407 e. The summed E-state index contributed by atoms with van der Waals surface area (Å²) in [5, 5.41) is 2.92. The molecule has 1 aliphatic heterocycles. The third-order valence-corrected chi connectivity index (χ3v) is 12.4. The van der Waals surface area contributed by atoms with E-state index in [1.807, 2.05) is 24.0 Å². The van der Waals surface area contributed by atoms with Crippen molar-refractivity contribution in [2.75, 3.05) is 38.4 Å². The number of nitrogens with zero attached hydrogens (tertiary/aromatic N) is 3. The first kappa shape index (κ1) is 35.5. The fraction of sp³-hybridized carbons (Fsp3) is 0.610. The molecule has 1 saturated heterocycles. The standard InChI is InChI=1S/C41H54N4O6/c1-28-23-32(9-10-35(28)48-3)41-17-14-40(15-18-41,16-19-41)27-45(38(46)30-7-5-4-6-8-30)36-24-31(11-20-42-36)34-26-50-37(44-34)29(2)25-51-39(47)43-33-12-21-49-22-13-33/h9-11,20,23-24,26,29-30,33H,4-8,12-19,21-22,25,27H2,1-3H3,(H,43,47). The van der Waals surface area contributed by atoms with Gasteiger partial charge in [-0.25, -0.2) is 14.8 Å². The minimum Gasteiger partial charge on any atom is -0.496 e. The van der Waals surface area contributed by atoms with Gasteiger partial charge in [0, 0.05) is 43.5 Å². The van der Waals surface area contributed by atoms with Crippen molar-refractivity contribution in [3.8, 4) is 17.0 Å². The van der Waals surface area contributed by atoms with Crippen LogP contribution in [0.2, 0.25) is 0 Å². The predicted octanol–water partition coefficient (Wildman–Crippen LogP) is 8.27. The van der Waals surface area contributed by atoms with E-state index in [4.69, 9.17) is 28.6 Å². The Bertz CT molecular complexity index is 1650. The molecule has 2 aromatic heterocycles. The Hall–Kier alpha value is -3.92. The fourth-order valence-electron chi connectivity index (χ4n) is 9.01. The molecular formula is C41H54N4O6. The Morgan fingerprint density at radius 1 is 1.00 bits per heavy atom. The number of oxazole rings is 1. The number of nitrogens with one attached hydrogen (secondary N) is 1. The molecule has 1 N–H and O–H groups in total. The Labute approximate surface area is 302 Å². The molecule has 10 nitrogen and oxygen atoms in total. The quantitative estimate of drug-likeness (QED) is 0.213. The zero-order chi connectivity index (χ0) is 35.4. The summed E-state index contributed by atoms with van der Waals surface area (Å²) >= 11 is 0. The molecule has 2 amide bonds. The van der Waals surface area contributed by atoms with Crippen molar-refractivity contribution in [1.29, 1.82) is 0 Å². The molecule has 3 aromatic rings. The number of fused-ring (bicyclic) bond motifs is 3. The highest BCUT2D eigenvalue weighted by atomic mass is 16.5. The van der Waals surface area contributed by atoms with Gasteiger partial charge in [0.2, 0.25) is 11.8 Å². The first-order valence-electron chi connectivity index (χ1n) is 19.2. The van der Waals surface area contributed by atoms with E-state index in [1.165, 1.54) is 17.5 Å². The fourth-order valence-corrected chi connectivity index (χ4v) is 9.01. The highest BCUT2D eigenvalue weighted by Crippen LogP contribution is 2.58. The van der Waals surface area contributed by atoms with Gasteiger partial charge < -0.3 is 23.9 Å². The van der Waals surface area contributed by atoms with Gasteiger partial charge in [-0.2, -0.15) is 0 Å². The summed E-state index contributed by atoms with van der Waals surface area (Å²) in [6, 6.07) is 10.7. The summed E-state index contributed by atoms with van der Waals surface area (Å²) in [5.41, 5.74) is 4.43. The van der Waals surface area contributed by atoms with E-state index >= 15 is 0 Å². The van der Waals surface area contributed by atoms with E-state index in [2.05, 4.69) is 30.4 Å². The lowest BCUT2D eigenvalue weighted by molar-refractivity contribution is -0.124. The molecule has 274 valence electrons. The molecule has 1 unspecified atom stereocenters. The molecule has 5 aliphatic rings. The van der Waals surface area contributed by atoms with E-state index in [0.717, 1.165) is 88.4 Å². The van der Waals surface area contributed by atoms with E-state index < -0.39 is 6.09 Å². The average Bonchev–Trinajstić information content (AvgIpc) is 3.68. The minimum absolute atomic E-state index is 0.0392. The molecule has 3 heterocycles. The molecule has 1 aromatic carbocycles. The maximum atomic E-state index is 14.4. The van der Waals surface area contributed by atoms with Crippen LogP contribution in [0.25, 0.3) is 11.3 Å². The Kier molecular flexibility index (Phi) is 10.7. The lowest BCUT2D eigenvalue weighted by atomic mass is 9.51. The summed E-state index contributed by atoms with van der Waals surface area (Å²) in [6.07, 6.45) is 16.6. The van der Waals surface area contributed by atoms with Crippen LogP contribution in [0.4, 0.5) is 10.6 Å². The Balaban J connectivity index is 1.05. The van der Waals surface area contributed by atoms with E-state index in [1.54, 1.807) is 19.6 Å². The number of methoxy groups -OCH3 is 1.